The summed E-state index contributed by atoms with van der Waals surface area (Å²) >= 11 is 0. The van der Waals surface area contributed by atoms with E-state index in [2.05, 4.69) is 37.9 Å². The zero-order valence-corrected chi connectivity index (χ0v) is 12.7. The van der Waals surface area contributed by atoms with Crippen LogP contribution >= 0.6 is 0 Å². The van der Waals surface area contributed by atoms with Gasteiger partial charge in [-0.2, -0.15) is 0 Å². The molecule has 0 saturated carbocycles. The minimum absolute atomic E-state index is 0.246. The van der Waals surface area contributed by atoms with E-state index >= 15 is 0 Å². The molecule has 1 aromatic carbocycles. The Kier molecular flexibility index (Phi) is 6.03. The highest BCUT2D eigenvalue weighted by Gasteiger charge is 2.09. The molecule has 0 aliphatic heterocycles. The van der Waals surface area contributed by atoms with E-state index in [-0.39, 0.29) is 5.78 Å². The highest BCUT2D eigenvalue weighted by molar-refractivity contribution is 5.75. The van der Waals surface area contributed by atoms with Crippen molar-refractivity contribution in [1.29, 1.82) is 0 Å². The van der Waals surface area contributed by atoms with Crippen molar-refractivity contribution in [3.63, 3.8) is 0 Å². The number of carbonyl (C=O) groups excluding carboxylic acids is 1. The second-order valence-electron chi connectivity index (χ2n) is 5.28. The van der Waals surface area contributed by atoms with Gasteiger partial charge in [-0.1, -0.05) is 17.7 Å². The smallest absolute Gasteiger partial charge is 0.131 e. The summed E-state index contributed by atoms with van der Waals surface area (Å²) in [4.78, 5) is 13.2. The van der Waals surface area contributed by atoms with E-state index < -0.39 is 0 Å². The van der Waals surface area contributed by atoms with Crippen LogP contribution in [0.3, 0.4) is 0 Å². The van der Waals surface area contributed by atoms with Crippen LogP contribution in [0, 0.1) is 13.8 Å². The molecule has 0 fully saturated rings. The van der Waals surface area contributed by atoms with Gasteiger partial charge in [-0.05, 0) is 45.4 Å². The first-order valence-corrected chi connectivity index (χ1v) is 6.76. The van der Waals surface area contributed by atoms with Crippen molar-refractivity contribution < 1.29 is 9.53 Å². The van der Waals surface area contributed by atoms with E-state index in [1.807, 2.05) is 0 Å². The number of hydrogen-bond donors (Lipinski definition) is 0. The van der Waals surface area contributed by atoms with Gasteiger partial charge in [0.25, 0.3) is 0 Å². The predicted octanol–water partition coefficient (Wildman–Crippen LogP) is 2.77. The molecule has 0 aliphatic carbocycles. The molecule has 0 amide bonds. The van der Waals surface area contributed by atoms with Crippen molar-refractivity contribution >= 4 is 5.78 Å². The van der Waals surface area contributed by atoms with E-state index in [9.17, 15) is 4.79 Å². The fourth-order valence-electron chi connectivity index (χ4n) is 2.29. The number of methoxy groups -OCH3 is 1. The van der Waals surface area contributed by atoms with Crippen LogP contribution in [0.2, 0.25) is 0 Å². The van der Waals surface area contributed by atoms with Gasteiger partial charge in [0.15, 0.2) is 0 Å². The molecular formula is C16H25NO2. The predicted molar refractivity (Wildman–Crippen MR) is 79.0 cm³/mol. The molecule has 0 aliphatic rings. The summed E-state index contributed by atoms with van der Waals surface area (Å²) in [7, 11) is 3.78. The summed E-state index contributed by atoms with van der Waals surface area (Å²) in [6.07, 6.45) is 1.57. The number of ketones is 1. The maximum absolute atomic E-state index is 11.0. The lowest BCUT2D eigenvalue weighted by Crippen LogP contribution is -2.24. The average molecular weight is 263 g/mol. The molecule has 0 saturated heterocycles. The third kappa shape index (κ3) is 5.03. The second-order valence-corrected chi connectivity index (χ2v) is 5.28. The highest BCUT2D eigenvalue weighted by atomic mass is 16.5. The number of carbonyl (C=O) groups is 1. The second kappa shape index (κ2) is 7.29. The summed E-state index contributed by atoms with van der Waals surface area (Å²) in [6.45, 7) is 7.58. The lowest BCUT2D eigenvalue weighted by Gasteiger charge is -2.18. The summed E-state index contributed by atoms with van der Waals surface area (Å²) < 4.78 is 5.49. The molecule has 1 rings (SSSR count). The zero-order chi connectivity index (χ0) is 14.4. The zero-order valence-electron chi connectivity index (χ0n) is 12.7. The van der Waals surface area contributed by atoms with Gasteiger partial charge in [0.1, 0.15) is 11.5 Å². The molecular weight excluding hydrogens is 238 g/mol. The van der Waals surface area contributed by atoms with Crippen molar-refractivity contribution in [3.05, 3.63) is 28.8 Å². The molecule has 0 unspecified atom stereocenters. The number of nitrogens with zero attached hydrogens (tertiary/aromatic N) is 1. The molecule has 3 nitrogen and oxygen atoms in total. The average Bonchev–Trinajstić information content (AvgIpc) is 2.33. The van der Waals surface area contributed by atoms with Gasteiger partial charge >= 0.3 is 0 Å². The van der Waals surface area contributed by atoms with E-state index in [1.54, 1.807) is 14.0 Å². The Morgan fingerprint density at radius 2 is 1.95 bits per heavy atom. The van der Waals surface area contributed by atoms with Crippen molar-refractivity contribution in [2.45, 2.75) is 33.6 Å². The van der Waals surface area contributed by atoms with Crippen LogP contribution in [0.4, 0.5) is 0 Å². The Morgan fingerprint density at radius 1 is 1.26 bits per heavy atom. The molecule has 0 bridgehead atoms. The fraction of sp³-hybridized carbons (Fsp3) is 0.562. The summed E-state index contributed by atoms with van der Waals surface area (Å²) in [5, 5.41) is 0. The molecule has 1 aromatic rings. The maximum atomic E-state index is 11.0. The third-order valence-corrected chi connectivity index (χ3v) is 3.31. The molecule has 19 heavy (non-hydrogen) atoms. The fourth-order valence-corrected chi connectivity index (χ4v) is 2.29. The van der Waals surface area contributed by atoms with Crippen LogP contribution in [-0.4, -0.2) is 37.9 Å². The number of likely N-dealkylation sites (N-methyl/N-ethyl adjacent to an activating group) is 1. The summed E-state index contributed by atoms with van der Waals surface area (Å²) in [6, 6.07) is 4.33. The molecule has 0 atom stereocenters. The van der Waals surface area contributed by atoms with Crippen molar-refractivity contribution in [2.75, 3.05) is 27.2 Å². The molecule has 3 heteroatoms. The molecule has 0 spiro atoms. The normalized spacial score (nSPS) is 10.8. The number of rotatable bonds is 7. The first-order chi connectivity index (χ1) is 8.93. The SMILES string of the molecule is COc1c(C)cc(C)cc1CCN(C)CCC(C)=O. The van der Waals surface area contributed by atoms with E-state index in [0.29, 0.717) is 6.42 Å². The van der Waals surface area contributed by atoms with E-state index in [1.165, 1.54) is 16.7 Å². The number of hydrogen-bond acceptors (Lipinski definition) is 3. The number of Topliss-reactive ketones (excluding diaryl/α,β-unsaturated/α-hetero) is 1. The van der Waals surface area contributed by atoms with Crippen LogP contribution in [0.15, 0.2) is 12.1 Å². The Hall–Kier alpha value is -1.35. The Bertz CT molecular complexity index is 441. The standard InChI is InChI=1S/C16H25NO2/c1-12-10-13(2)16(19-5)15(11-12)7-9-17(4)8-6-14(3)18/h10-11H,6-9H2,1-5H3. The minimum Gasteiger partial charge on any atom is -0.496 e. The van der Waals surface area contributed by atoms with E-state index in [4.69, 9.17) is 4.74 Å². The van der Waals surface area contributed by atoms with Gasteiger partial charge in [0.05, 0.1) is 7.11 Å². The van der Waals surface area contributed by atoms with Crippen molar-refractivity contribution in [2.24, 2.45) is 0 Å². The Balaban J connectivity index is 2.64. The summed E-state index contributed by atoms with van der Waals surface area (Å²) in [5.74, 6) is 1.24. The molecule has 0 radical (unpaired) electrons. The van der Waals surface area contributed by atoms with E-state index in [0.717, 1.165) is 25.3 Å². The first-order valence-electron chi connectivity index (χ1n) is 6.76. The van der Waals surface area contributed by atoms with Crippen LogP contribution < -0.4 is 4.74 Å². The minimum atomic E-state index is 0.246. The monoisotopic (exact) mass is 263 g/mol. The van der Waals surface area contributed by atoms with Crippen LogP contribution in [0.5, 0.6) is 5.75 Å². The van der Waals surface area contributed by atoms with Gasteiger partial charge < -0.3 is 9.64 Å². The quantitative estimate of drug-likeness (QED) is 0.757. The Labute approximate surface area is 116 Å². The Morgan fingerprint density at radius 3 is 2.53 bits per heavy atom. The molecule has 0 N–H and O–H groups in total. The number of benzene rings is 1. The maximum Gasteiger partial charge on any atom is 0.131 e. The topological polar surface area (TPSA) is 29.5 Å². The van der Waals surface area contributed by atoms with Crippen molar-refractivity contribution in [3.8, 4) is 5.75 Å². The lowest BCUT2D eigenvalue weighted by atomic mass is 10.0. The third-order valence-electron chi connectivity index (χ3n) is 3.31. The highest BCUT2D eigenvalue weighted by Crippen LogP contribution is 2.25. The number of ether oxygens (including phenoxy) is 1. The first kappa shape index (κ1) is 15.7. The molecule has 0 aromatic heterocycles. The molecule has 0 heterocycles. The van der Waals surface area contributed by atoms with Crippen molar-refractivity contribution in [1.82, 2.24) is 4.90 Å². The van der Waals surface area contributed by atoms with Gasteiger partial charge in [-0.3, -0.25) is 4.79 Å². The lowest BCUT2D eigenvalue weighted by molar-refractivity contribution is -0.117. The van der Waals surface area contributed by atoms with Crippen LogP contribution in [0.1, 0.15) is 30.0 Å². The number of aryl methyl sites for hydroxylation is 2. The van der Waals surface area contributed by atoms with Crippen LogP contribution in [0.25, 0.3) is 0 Å². The summed E-state index contributed by atoms with van der Waals surface area (Å²) in [5.41, 5.74) is 3.69. The molecule has 106 valence electrons. The van der Waals surface area contributed by atoms with Crippen LogP contribution in [-0.2, 0) is 11.2 Å². The van der Waals surface area contributed by atoms with Gasteiger partial charge in [-0.15, -0.1) is 0 Å². The van der Waals surface area contributed by atoms with Gasteiger partial charge in [0, 0.05) is 19.5 Å². The van der Waals surface area contributed by atoms with Gasteiger partial charge in [0.2, 0.25) is 0 Å². The van der Waals surface area contributed by atoms with Gasteiger partial charge in [-0.25, -0.2) is 0 Å². The largest absolute Gasteiger partial charge is 0.496 e.